The number of rotatable bonds is 5. The van der Waals surface area contributed by atoms with E-state index in [0.717, 1.165) is 23.9 Å². The molecule has 2 heteroatoms. The first-order valence-electron chi connectivity index (χ1n) is 7.76. The predicted octanol–water partition coefficient (Wildman–Crippen LogP) is 4.73. The second-order valence-corrected chi connectivity index (χ2v) is 6.49. The summed E-state index contributed by atoms with van der Waals surface area (Å²) in [5.74, 6) is 0.749. The Labute approximate surface area is 132 Å². The zero-order valence-electron chi connectivity index (χ0n) is 12.5. The molecule has 3 rings (SSSR count). The van der Waals surface area contributed by atoms with Crippen molar-refractivity contribution < 1.29 is 0 Å². The summed E-state index contributed by atoms with van der Waals surface area (Å²) in [7, 11) is 0. The fourth-order valence-corrected chi connectivity index (χ4v) is 3.28. The lowest BCUT2D eigenvalue weighted by Gasteiger charge is -2.37. The Hall–Kier alpha value is -1.31. The summed E-state index contributed by atoms with van der Waals surface area (Å²) in [6.07, 6.45) is 3.61. The quantitative estimate of drug-likeness (QED) is 0.842. The molecule has 21 heavy (non-hydrogen) atoms. The Morgan fingerprint density at radius 2 is 1.76 bits per heavy atom. The second kappa shape index (κ2) is 6.64. The van der Waals surface area contributed by atoms with E-state index in [9.17, 15) is 0 Å². The molecule has 0 aromatic heterocycles. The van der Waals surface area contributed by atoms with Gasteiger partial charge in [-0.1, -0.05) is 48.0 Å². The molecule has 1 fully saturated rings. The largest absolute Gasteiger partial charge is 0.314 e. The van der Waals surface area contributed by atoms with Gasteiger partial charge in [0.05, 0.1) is 0 Å². The predicted molar refractivity (Wildman–Crippen MR) is 90.1 cm³/mol. The van der Waals surface area contributed by atoms with Gasteiger partial charge in [-0.3, -0.25) is 0 Å². The standard InChI is InChI=1S/C19H22ClN/c1-14-4-2-3-5-19(14)16-12-18(13-16)21-11-10-15-6-8-17(20)9-7-15/h2-9,16,18,21H,10-13H2,1H3. The molecule has 0 aliphatic heterocycles. The number of hydrogen-bond acceptors (Lipinski definition) is 1. The number of nitrogens with one attached hydrogen (secondary N) is 1. The van der Waals surface area contributed by atoms with Crippen molar-refractivity contribution in [2.24, 2.45) is 0 Å². The number of aryl methyl sites for hydroxylation is 1. The summed E-state index contributed by atoms with van der Waals surface area (Å²) < 4.78 is 0. The molecule has 110 valence electrons. The molecule has 2 aromatic carbocycles. The van der Waals surface area contributed by atoms with Crippen molar-refractivity contribution in [3.63, 3.8) is 0 Å². The van der Waals surface area contributed by atoms with Crippen LogP contribution in [-0.2, 0) is 6.42 Å². The summed E-state index contributed by atoms with van der Waals surface area (Å²) in [4.78, 5) is 0. The molecular formula is C19H22ClN. The van der Waals surface area contributed by atoms with Gasteiger partial charge in [-0.05, 0) is 67.5 Å². The molecular weight excluding hydrogens is 278 g/mol. The first-order valence-corrected chi connectivity index (χ1v) is 8.13. The van der Waals surface area contributed by atoms with Gasteiger partial charge in [0, 0.05) is 11.1 Å². The van der Waals surface area contributed by atoms with Crippen molar-refractivity contribution >= 4 is 11.6 Å². The van der Waals surface area contributed by atoms with Crippen LogP contribution in [0.3, 0.4) is 0 Å². The number of hydrogen-bond donors (Lipinski definition) is 1. The summed E-state index contributed by atoms with van der Waals surface area (Å²) in [6.45, 7) is 3.27. The first-order chi connectivity index (χ1) is 10.2. The van der Waals surface area contributed by atoms with Crippen LogP contribution in [0.1, 0.15) is 35.4 Å². The summed E-state index contributed by atoms with van der Waals surface area (Å²) >= 11 is 5.90. The van der Waals surface area contributed by atoms with Crippen LogP contribution in [0.2, 0.25) is 5.02 Å². The zero-order valence-corrected chi connectivity index (χ0v) is 13.2. The maximum atomic E-state index is 5.90. The minimum Gasteiger partial charge on any atom is -0.314 e. The molecule has 0 heterocycles. The second-order valence-electron chi connectivity index (χ2n) is 6.05. The van der Waals surface area contributed by atoms with E-state index in [1.54, 1.807) is 0 Å². The highest BCUT2D eigenvalue weighted by molar-refractivity contribution is 6.30. The Bertz CT molecular complexity index is 585. The van der Waals surface area contributed by atoms with E-state index in [-0.39, 0.29) is 0 Å². The van der Waals surface area contributed by atoms with Gasteiger partial charge >= 0.3 is 0 Å². The molecule has 0 spiro atoms. The van der Waals surface area contributed by atoms with Crippen LogP contribution >= 0.6 is 11.6 Å². The fraction of sp³-hybridized carbons (Fsp3) is 0.368. The third kappa shape index (κ3) is 3.66. The van der Waals surface area contributed by atoms with Crippen LogP contribution in [0.25, 0.3) is 0 Å². The van der Waals surface area contributed by atoms with E-state index in [2.05, 4.69) is 48.6 Å². The third-order valence-electron chi connectivity index (χ3n) is 4.53. The van der Waals surface area contributed by atoms with Crippen molar-refractivity contribution in [2.45, 2.75) is 38.1 Å². The van der Waals surface area contributed by atoms with Crippen LogP contribution < -0.4 is 5.32 Å². The van der Waals surface area contributed by atoms with Crippen molar-refractivity contribution in [1.29, 1.82) is 0 Å². The Morgan fingerprint density at radius 1 is 1.05 bits per heavy atom. The van der Waals surface area contributed by atoms with Gasteiger partial charge in [0.1, 0.15) is 0 Å². The molecule has 0 radical (unpaired) electrons. The Morgan fingerprint density at radius 3 is 2.48 bits per heavy atom. The maximum Gasteiger partial charge on any atom is 0.0406 e. The highest BCUT2D eigenvalue weighted by atomic mass is 35.5. The van der Waals surface area contributed by atoms with E-state index >= 15 is 0 Å². The fourth-order valence-electron chi connectivity index (χ4n) is 3.16. The van der Waals surface area contributed by atoms with Gasteiger partial charge in [0.15, 0.2) is 0 Å². The third-order valence-corrected chi connectivity index (χ3v) is 4.78. The lowest BCUT2D eigenvalue weighted by Crippen LogP contribution is -2.41. The van der Waals surface area contributed by atoms with Crippen molar-refractivity contribution in [3.05, 3.63) is 70.2 Å². The Kier molecular flexibility index (Phi) is 4.62. The molecule has 0 bridgehead atoms. The van der Waals surface area contributed by atoms with Gasteiger partial charge in [-0.15, -0.1) is 0 Å². The van der Waals surface area contributed by atoms with Gasteiger partial charge in [0.25, 0.3) is 0 Å². The van der Waals surface area contributed by atoms with Crippen LogP contribution in [0.5, 0.6) is 0 Å². The molecule has 0 atom stereocenters. The van der Waals surface area contributed by atoms with Gasteiger partial charge < -0.3 is 5.32 Å². The molecule has 0 saturated heterocycles. The van der Waals surface area contributed by atoms with Crippen LogP contribution in [-0.4, -0.2) is 12.6 Å². The minimum absolute atomic E-state index is 0.682. The normalized spacial score (nSPS) is 21.0. The highest BCUT2D eigenvalue weighted by Crippen LogP contribution is 2.38. The molecule has 0 amide bonds. The van der Waals surface area contributed by atoms with Gasteiger partial charge in [0.2, 0.25) is 0 Å². The van der Waals surface area contributed by atoms with Gasteiger partial charge in [-0.25, -0.2) is 0 Å². The van der Waals surface area contributed by atoms with Crippen molar-refractivity contribution in [2.75, 3.05) is 6.54 Å². The number of halogens is 1. The average Bonchev–Trinajstić information content (AvgIpc) is 2.45. The van der Waals surface area contributed by atoms with Crippen LogP contribution in [0.15, 0.2) is 48.5 Å². The van der Waals surface area contributed by atoms with Gasteiger partial charge in [-0.2, -0.15) is 0 Å². The monoisotopic (exact) mass is 299 g/mol. The Balaban J connectivity index is 1.41. The van der Waals surface area contributed by atoms with Crippen LogP contribution in [0.4, 0.5) is 0 Å². The topological polar surface area (TPSA) is 12.0 Å². The van der Waals surface area contributed by atoms with E-state index < -0.39 is 0 Å². The SMILES string of the molecule is Cc1ccccc1C1CC(NCCc2ccc(Cl)cc2)C1. The highest BCUT2D eigenvalue weighted by Gasteiger charge is 2.30. The molecule has 0 unspecified atom stereocenters. The van der Waals surface area contributed by atoms with E-state index in [1.165, 1.54) is 29.5 Å². The molecule has 2 aromatic rings. The zero-order chi connectivity index (χ0) is 14.7. The maximum absolute atomic E-state index is 5.90. The lowest BCUT2D eigenvalue weighted by atomic mass is 9.74. The molecule has 1 saturated carbocycles. The van der Waals surface area contributed by atoms with E-state index in [1.807, 2.05) is 12.1 Å². The summed E-state index contributed by atoms with van der Waals surface area (Å²) in [6, 6.07) is 17.6. The molecule has 1 aliphatic carbocycles. The minimum atomic E-state index is 0.682. The van der Waals surface area contributed by atoms with Crippen LogP contribution in [0, 0.1) is 6.92 Å². The number of benzene rings is 2. The molecule has 1 nitrogen and oxygen atoms in total. The molecule has 1 N–H and O–H groups in total. The first kappa shape index (κ1) is 14.6. The smallest absolute Gasteiger partial charge is 0.0406 e. The van der Waals surface area contributed by atoms with Crippen molar-refractivity contribution in [3.8, 4) is 0 Å². The average molecular weight is 300 g/mol. The summed E-state index contributed by atoms with van der Waals surface area (Å²) in [5.41, 5.74) is 4.32. The summed E-state index contributed by atoms with van der Waals surface area (Å²) in [5, 5.41) is 4.48. The van der Waals surface area contributed by atoms with E-state index in [4.69, 9.17) is 11.6 Å². The lowest BCUT2D eigenvalue weighted by molar-refractivity contribution is 0.292. The van der Waals surface area contributed by atoms with E-state index in [0.29, 0.717) is 6.04 Å². The van der Waals surface area contributed by atoms with Crippen molar-refractivity contribution in [1.82, 2.24) is 5.32 Å². The molecule has 1 aliphatic rings.